The van der Waals surface area contributed by atoms with Crippen LogP contribution in [-0.4, -0.2) is 64.2 Å². The molecule has 0 atom stereocenters. The van der Waals surface area contributed by atoms with E-state index in [4.69, 9.17) is 14.6 Å². The maximum Gasteiger partial charge on any atom is 0.335 e. The van der Waals surface area contributed by atoms with Crippen molar-refractivity contribution in [2.45, 2.75) is 4.90 Å². The van der Waals surface area contributed by atoms with Gasteiger partial charge in [-0.15, -0.1) is 0 Å². The zero-order valence-electron chi connectivity index (χ0n) is 15.7. The topological polar surface area (TPSA) is 96.4 Å². The number of rotatable bonds is 6. The number of sulfonamides is 1. The average Bonchev–Trinajstić information content (AvgIpc) is 2.73. The van der Waals surface area contributed by atoms with E-state index in [1.807, 2.05) is 11.0 Å². The summed E-state index contributed by atoms with van der Waals surface area (Å²) >= 11 is 0. The Morgan fingerprint density at radius 3 is 2.32 bits per heavy atom. The molecule has 0 aromatic heterocycles. The molecular weight excluding hydrogens is 384 g/mol. The van der Waals surface area contributed by atoms with Crippen molar-refractivity contribution >= 4 is 21.7 Å². The standard InChI is InChI=1S/C19H22N2O6S/c1-26-16-6-7-17(27-2)18(13-16)28(24,25)21-10-8-20(9-11-21)15-5-3-4-14(12-15)19(22)23/h3-7,12-13H,8-11H2,1-2H3,(H,22,23). The van der Waals surface area contributed by atoms with Gasteiger partial charge in [-0.05, 0) is 30.3 Å². The van der Waals surface area contributed by atoms with E-state index < -0.39 is 16.0 Å². The summed E-state index contributed by atoms with van der Waals surface area (Å²) in [6, 6.07) is 11.3. The van der Waals surface area contributed by atoms with Gasteiger partial charge in [0.25, 0.3) is 0 Å². The maximum atomic E-state index is 13.1. The SMILES string of the molecule is COc1ccc(OC)c(S(=O)(=O)N2CCN(c3cccc(C(=O)O)c3)CC2)c1. The largest absolute Gasteiger partial charge is 0.497 e. The van der Waals surface area contributed by atoms with Gasteiger partial charge < -0.3 is 19.5 Å². The van der Waals surface area contributed by atoms with Crippen LogP contribution in [0.25, 0.3) is 0 Å². The van der Waals surface area contributed by atoms with E-state index in [1.165, 1.54) is 30.7 Å². The number of hydrogen-bond donors (Lipinski definition) is 1. The number of ether oxygens (including phenoxy) is 2. The molecule has 3 rings (SSSR count). The van der Waals surface area contributed by atoms with Crippen molar-refractivity contribution in [3.05, 3.63) is 48.0 Å². The second-order valence-corrected chi connectivity index (χ2v) is 8.17. The second-order valence-electron chi connectivity index (χ2n) is 6.26. The number of aromatic carboxylic acids is 1. The summed E-state index contributed by atoms with van der Waals surface area (Å²) in [5.74, 6) is -0.297. The average molecular weight is 406 g/mol. The molecular formula is C19H22N2O6S. The third kappa shape index (κ3) is 3.90. The smallest absolute Gasteiger partial charge is 0.335 e. The summed E-state index contributed by atoms with van der Waals surface area (Å²) in [5.41, 5.74) is 0.963. The van der Waals surface area contributed by atoms with Gasteiger partial charge in [-0.1, -0.05) is 6.07 Å². The molecule has 2 aromatic carbocycles. The molecule has 1 heterocycles. The van der Waals surface area contributed by atoms with E-state index in [9.17, 15) is 13.2 Å². The van der Waals surface area contributed by atoms with Gasteiger partial charge in [0.15, 0.2) is 0 Å². The number of nitrogens with zero attached hydrogens (tertiary/aromatic N) is 2. The molecule has 0 saturated carbocycles. The Balaban J connectivity index is 1.79. The Morgan fingerprint density at radius 1 is 1.00 bits per heavy atom. The molecule has 1 fully saturated rings. The minimum Gasteiger partial charge on any atom is -0.497 e. The Morgan fingerprint density at radius 2 is 1.71 bits per heavy atom. The molecule has 1 aliphatic heterocycles. The number of piperazine rings is 1. The van der Waals surface area contributed by atoms with E-state index in [-0.39, 0.29) is 29.3 Å². The minimum absolute atomic E-state index is 0.0654. The van der Waals surface area contributed by atoms with Crippen LogP contribution in [0.4, 0.5) is 5.69 Å². The third-order valence-corrected chi connectivity index (χ3v) is 6.61. The molecule has 1 N–H and O–H groups in total. The van der Waals surface area contributed by atoms with Gasteiger partial charge >= 0.3 is 5.97 Å². The molecule has 0 spiro atoms. The van der Waals surface area contributed by atoms with E-state index in [1.54, 1.807) is 24.3 Å². The third-order valence-electron chi connectivity index (χ3n) is 4.69. The molecule has 9 heteroatoms. The summed E-state index contributed by atoms with van der Waals surface area (Å²) in [5, 5.41) is 9.15. The highest BCUT2D eigenvalue weighted by atomic mass is 32.2. The molecule has 0 aliphatic carbocycles. The first kappa shape index (κ1) is 20.0. The monoisotopic (exact) mass is 406 g/mol. The Hall–Kier alpha value is -2.78. The zero-order chi connectivity index (χ0) is 20.3. The lowest BCUT2D eigenvalue weighted by Gasteiger charge is -2.35. The van der Waals surface area contributed by atoms with Crippen molar-refractivity contribution in [1.29, 1.82) is 0 Å². The number of carboxylic acid groups (broad SMARTS) is 1. The fourth-order valence-electron chi connectivity index (χ4n) is 3.15. The van der Waals surface area contributed by atoms with Gasteiger partial charge in [-0.2, -0.15) is 4.31 Å². The molecule has 0 radical (unpaired) electrons. The highest BCUT2D eigenvalue weighted by molar-refractivity contribution is 7.89. The van der Waals surface area contributed by atoms with Gasteiger partial charge in [0, 0.05) is 37.9 Å². The van der Waals surface area contributed by atoms with Crippen LogP contribution in [-0.2, 0) is 10.0 Å². The molecule has 0 unspecified atom stereocenters. The lowest BCUT2D eigenvalue weighted by atomic mass is 10.2. The maximum absolute atomic E-state index is 13.1. The number of hydrogen-bond acceptors (Lipinski definition) is 6. The number of anilines is 1. The van der Waals surface area contributed by atoms with E-state index in [0.717, 1.165) is 5.69 Å². The zero-order valence-corrected chi connectivity index (χ0v) is 16.5. The first-order valence-electron chi connectivity index (χ1n) is 8.67. The fourth-order valence-corrected chi connectivity index (χ4v) is 4.74. The summed E-state index contributed by atoms with van der Waals surface area (Å²) < 4.78 is 38.0. The first-order valence-corrected chi connectivity index (χ1v) is 10.1. The van der Waals surface area contributed by atoms with Crippen LogP contribution in [0.15, 0.2) is 47.4 Å². The summed E-state index contributed by atoms with van der Waals surface area (Å²) in [4.78, 5) is 13.2. The Kier molecular flexibility index (Phi) is 5.76. The molecule has 1 aliphatic rings. The van der Waals surface area contributed by atoms with Crippen LogP contribution >= 0.6 is 0 Å². The van der Waals surface area contributed by atoms with Crippen molar-refractivity contribution in [1.82, 2.24) is 4.31 Å². The summed E-state index contributed by atoms with van der Waals surface area (Å²) in [6.45, 7) is 1.46. The van der Waals surface area contributed by atoms with Crippen LogP contribution in [0.1, 0.15) is 10.4 Å². The molecule has 28 heavy (non-hydrogen) atoms. The van der Waals surface area contributed by atoms with Crippen LogP contribution in [0.2, 0.25) is 0 Å². The van der Waals surface area contributed by atoms with Crippen molar-refractivity contribution in [2.24, 2.45) is 0 Å². The van der Waals surface area contributed by atoms with Crippen LogP contribution in [0, 0.1) is 0 Å². The van der Waals surface area contributed by atoms with E-state index in [0.29, 0.717) is 18.8 Å². The predicted molar refractivity (Wildman–Crippen MR) is 104 cm³/mol. The van der Waals surface area contributed by atoms with Gasteiger partial charge in [0.1, 0.15) is 16.4 Å². The highest BCUT2D eigenvalue weighted by Crippen LogP contribution is 2.31. The lowest BCUT2D eigenvalue weighted by molar-refractivity contribution is 0.0697. The van der Waals surface area contributed by atoms with Crippen molar-refractivity contribution in [3.63, 3.8) is 0 Å². The van der Waals surface area contributed by atoms with E-state index in [2.05, 4.69) is 0 Å². The van der Waals surface area contributed by atoms with Gasteiger partial charge in [0.05, 0.1) is 19.8 Å². The van der Waals surface area contributed by atoms with E-state index >= 15 is 0 Å². The van der Waals surface area contributed by atoms with Crippen molar-refractivity contribution in [2.75, 3.05) is 45.3 Å². The second kappa shape index (κ2) is 8.07. The van der Waals surface area contributed by atoms with Gasteiger partial charge in [-0.25, -0.2) is 13.2 Å². The molecule has 150 valence electrons. The van der Waals surface area contributed by atoms with Crippen LogP contribution < -0.4 is 14.4 Å². The van der Waals surface area contributed by atoms with Gasteiger partial charge in [-0.3, -0.25) is 0 Å². The number of carboxylic acids is 1. The summed E-state index contributed by atoms with van der Waals surface area (Å²) in [7, 11) is -0.858. The Bertz CT molecular complexity index is 968. The summed E-state index contributed by atoms with van der Waals surface area (Å²) in [6.07, 6.45) is 0. The Labute approximate surface area is 164 Å². The number of benzene rings is 2. The predicted octanol–water partition coefficient (Wildman–Crippen LogP) is 1.91. The minimum atomic E-state index is -3.76. The van der Waals surface area contributed by atoms with Gasteiger partial charge in [0.2, 0.25) is 10.0 Å². The van der Waals surface area contributed by atoms with Crippen molar-refractivity contribution < 1.29 is 27.8 Å². The molecule has 1 saturated heterocycles. The molecule has 0 amide bonds. The first-order chi connectivity index (χ1) is 13.4. The number of methoxy groups -OCH3 is 2. The number of carbonyl (C=O) groups is 1. The molecule has 8 nitrogen and oxygen atoms in total. The fraction of sp³-hybridized carbons (Fsp3) is 0.316. The molecule has 0 bridgehead atoms. The van der Waals surface area contributed by atoms with Crippen molar-refractivity contribution in [3.8, 4) is 11.5 Å². The normalized spacial score (nSPS) is 15.3. The molecule has 2 aromatic rings. The highest BCUT2D eigenvalue weighted by Gasteiger charge is 2.31. The quantitative estimate of drug-likeness (QED) is 0.783. The lowest BCUT2D eigenvalue weighted by Crippen LogP contribution is -2.48. The van der Waals surface area contributed by atoms with Crippen LogP contribution in [0.3, 0.4) is 0 Å². The van der Waals surface area contributed by atoms with Crippen LogP contribution in [0.5, 0.6) is 11.5 Å².